The predicted molar refractivity (Wildman–Crippen MR) is 105 cm³/mol. The molecule has 0 spiro atoms. The molecule has 0 atom stereocenters. The van der Waals surface area contributed by atoms with Crippen molar-refractivity contribution >= 4 is 23.2 Å². The van der Waals surface area contributed by atoms with Gasteiger partial charge in [0, 0.05) is 30.5 Å². The summed E-state index contributed by atoms with van der Waals surface area (Å²) < 4.78 is 5.40. The summed E-state index contributed by atoms with van der Waals surface area (Å²) in [7, 11) is 0. The summed E-state index contributed by atoms with van der Waals surface area (Å²) in [6, 6.07) is 15.4. The van der Waals surface area contributed by atoms with Gasteiger partial charge in [0.2, 0.25) is 5.91 Å². The first-order chi connectivity index (χ1) is 13.2. The van der Waals surface area contributed by atoms with Gasteiger partial charge in [0.1, 0.15) is 5.76 Å². The number of rotatable bonds is 9. The van der Waals surface area contributed by atoms with Crippen LogP contribution in [0.25, 0.3) is 0 Å². The lowest BCUT2D eigenvalue weighted by molar-refractivity contribution is -0.132. The molecule has 0 bridgehead atoms. The van der Waals surface area contributed by atoms with Gasteiger partial charge in [0.05, 0.1) is 12.8 Å². The summed E-state index contributed by atoms with van der Waals surface area (Å²) in [5, 5.41) is 6.53. The number of amides is 2. The minimum Gasteiger partial charge on any atom is -0.467 e. The first-order valence-electron chi connectivity index (χ1n) is 8.87. The number of thiophene rings is 1. The topological polar surface area (TPSA) is 62.6 Å². The Kier molecular flexibility index (Phi) is 6.82. The zero-order chi connectivity index (χ0) is 18.9. The molecule has 0 fully saturated rings. The van der Waals surface area contributed by atoms with Crippen molar-refractivity contribution in [1.82, 2.24) is 10.2 Å². The number of nitrogens with zero attached hydrogens (tertiary/aromatic N) is 1. The molecule has 0 aliphatic carbocycles. The number of nitrogens with one attached hydrogen (secondary N) is 1. The smallest absolute Gasteiger partial charge is 0.252 e. The van der Waals surface area contributed by atoms with Gasteiger partial charge >= 0.3 is 0 Å². The molecule has 0 aliphatic rings. The summed E-state index contributed by atoms with van der Waals surface area (Å²) in [4.78, 5) is 26.4. The summed E-state index contributed by atoms with van der Waals surface area (Å²) in [6.45, 7) is 1.43. The fraction of sp³-hybridized carbons (Fsp3) is 0.238. The van der Waals surface area contributed by atoms with Crippen LogP contribution in [0.3, 0.4) is 0 Å². The Labute approximate surface area is 162 Å². The summed E-state index contributed by atoms with van der Waals surface area (Å²) in [6.07, 6.45) is 2.58. The second-order valence-electron chi connectivity index (χ2n) is 6.19. The molecular formula is C21H22N2O3S. The lowest BCUT2D eigenvalue weighted by Crippen LogP contribution is -2.31. The second-order valence-corrected chi connectivity index (χ2v) is 6.97. The maximum atomic E-state index is 12.7. The maximum Gasteiger partial charge on any atom is 0.252 e. The normalized spacial score (nSPS) is 10.5. The van der Waals surface area contributed by atoms with Crippen molar-refractivity contribution in [2.75, 3.05) is 6.54 Å². The van der Waals surface area contributed by atoms with Gasteiger partial charge in [-0.3, -0.25) is 9.59 Å². The molecule has 0 aliphatic heterocycles. The van der Waals surface area contributed by atoms with E-state index < -0.39 is 0 Å². The van der Waals surface area contributed by atoms with E-state index in [1.165, 1.54) is 11.3 Å². The molecule has 6 heteroatoms. The molecule has 3 rings (SSSR count). The Morgan fingerprint density at radius 2 is 1.89 bits per heavy atom. The van der Waals surface area contributed by atoms with Crippen molar-refractivity contribution in [1.29, 1.82) is 0 Å². The van der Waals surface area contributed by atoms with Crippen LogP contribution < -0.4 is 5.32 Å². The third-order valence-corrected chi connectivity index (χ3v) is 4.82. The first-order valence-corrected chi connectivity index (χ1v) is 9.81. The molecule has 0 radical (unpaired) electrons. The molecule has 2 amide bonds. The van der Waals surface area contributed by atoms with Crippen molar-refractivity contribution < 1.29 is 14.0 Å². The molecule has 0 unspecified atom stereocenters. The Bertz CT molecular complexity index is 830. The van der Waals surface area contributed by atoms with E-state index in [-0.39, 0.29) is 11.8 Å². The van der Waals surface area contributed by atoms with Gasteiger partial charge in [-0.2, -0.15) is 11.3 Å². The van der Waals surface area contributed by atoms with Gasteiger partial charge in [0.15, 0.2) is 0 Å². The van der Waals surface area contributed by atoms with E-state index in [1.54, 1.807) is 17.2 Å². The zero-order valence-corrected chi connectivity index (χ0v) is 15.8. The Morgan fingerprint density at radius 3 is 2.59 bits per heavy atom. The predicted octanol–water partition coefficient (Wildman–Crippen LogP) is 4.08. The number of furan rings is 1. The molecule has 2 heterocycles. The van der Waals surface area contributed by atoms with Crippen LogP contribution in [0.1, 0.15) is 34.5 Å². The molecule has 1 aromatic carbocycles. The van der Waals surface area contributed by atoms with Crippen molar-refractivity contribution in [3.05, 3.63) is 82.4 Å². The fourth-order valence-electron chi connectivity index (χ4n) is 2.72. The van der Waals surface area contributed by atoms with E-state index in [0.29, 0.717) is 38.0 Å². The number of hydrogen-bond donors (Lipinski definition) is 1. The SMILES string of the molecule is O=C(NCCCC(=O)N(Cc1ccccc1)Cc1ccco1)c1ccsc1. The molecule has 0 saturated heterocycles. The molecule has 1 N–H and O–H groups in total. The highest BCUT2D eigenvalue weighted by Gasteiger charge is 2.16. The maximum absolute atomic E-state index is 12.7. The molecule has 140 valence electrons. The molecule has 2 aromatic heterocycles. The highest BCUT2D eigenvalue weighted by atomic mass is 32.1. The summed E-state index contributed by atoms with van der Waals surface area (Å²) >= 11 is 1.49. The number of benzene rings is 1. The molecule has 0 saturated carbocycles. The van der Waals surface area contributed by atoms with Gasteiger partial charge in [0.25, 0.3) is 5.91 Å². The zero-order valence-electron chi connectivity index (χ0n) is 15.0. The van der Waals surface area contributed by atoms with Crippen molar-refractivity contribution in [3.63, 3.8) is 0 Å². The Balaban J connectivity index is 1.51. The fourth-order valence-corrected chi connectivity index (χ4v) is 3.36. The number of carbonyl (C=O) groups excluding carboxylic acids is 2. The van der Waals surface area contributed by atoms with Crippen LogP contribution in [0.4, 0.5) is 0 Å². The van der Waals surface area contributed by atoms with E-state index in [4.69, 9.17) is 4.42 Å². The van der Waals surface area contributed by atoms with E-state index in [1.807, 2.05) is 53.2 Å². The van der Waals surface area contributed by atoms with Crippen LogP contribution in [0.2, 0.25) is 0 Å². The first kappa shape index (κ1) is 18.9. The quantitative estimate of drug-likeness (QED) is 0.567. The van der Waals surface area contributed by atoms with Crippen LogP contribution in [-0.4, -0.2) is 23.3 Å². The third kappa shape index (κ3) is 5.82. The minimum atomic E-state index is -0.0968. The Morgan fingerprint density at radius 1 is 1.04 bits per heavy atom. The number of hydrogen-bond acceptors (Lipinski definition) is 4. The van der Waals surface area contributed by atoms with E-state index in [0.717, 1.165) is 11.3 Å². The minimum absolute atomic E-state index is 0.0417. The average molecular weight is 382 g/mol. The second kappa shape index (κ2) is 9.73. The third-order valence-electron chi connectivity index (χ3n) is 4.13. The molecule has 5 nitrogen and oxygen atoms in total. The van der Waals surface area contributed by atoms with Crippen molar-refractivity contribution in [2.24, 2.45) is 0 Å². The van der Waals surface area contributed by atoms with Gasteiger partial charge in [-0.15, -0.1) is 0 Å². The molecule has 3 aromatic rings. The van der Waals surface area contributed by atoms with E-state index in [9.17, 15) is 9.59 Å². The highest BCUT2D eigenvalue weighted by molar-refractivity contribution is 7.08. The van der Waals surface area contributed by atoms with Crippen molar-refractivity contribution in [2.45, 2.75) is 25.9 Å². The molecule has 27 heavy (non-hydrogen) atoms. The average Bonchev–Trinajstić information content (AvgIpc) is 3.39. The largest absolute Gasteiger partial charge is 0.467 e. The van der Waals surface area contributed by atoms with Gasteiger partial charge in [-0.25, -0.2) is 0 Å². The van der Waals surface area contributed by atoms with E-state index >= 15 is 0 Å². The summed E-state index contributed by atoms with van der Waals surface area (Å²) in [5.74, 6) is 0.700. The van der Waals surface area contributed by atoms with E-state index in [2.05, 4.69) is 5.32 Å². The van der Waals surface area contributed by atoms with Gasteiger partial charge in [-0.1, -0.05) is 30.3 Å². The number of carbonyl (C=O) groups is 2. The standard InChI is InChI=1S/C21H22N2O3S/c24-20(9-4-11-22-21(25)18-10-13-27-16-18)23(15-19-8-5-12-26-19)14-17-6-2-1-3-7-17/h1-3,5-8,10,12-13,16H,4,9,11,14-15H2,(H,22,25). The monoisotopic (exact) mass is 382 g/mol. The van der Waals surface area contributed by atoms with Crippen LogP contribution in [0.5, 0.6) is 0 Å². The van der Waals surface area contributed by atoms with Crippen molar-refractivity contribution in [3.8, 4) is 0 Å². The lowest BCUT2D eigenvalue weighted by atomic mass is 10.2. The van der Waals surface area contributed by atoms with Crippen LogP contribution in [0, 0.1) is 0 Å². The highest BCUT2D eigenvalue weighted by Crippen LogP contribution is 2.13. The Hall–Kier alpha value is -2.86. The van der Waals surface area contributed by atoms with Crippen LogP contribution in [0.15, 0.2) is 70.0 Å². The molecular weight excluding hydrogens is 360 g/mol. The lowest BCUT2D eigenvalue weighted by Gasteiger charge is -2.22. The van der Waals surface area contributed by atoms with Gasteiger partial charge in [-0.05, 0) is 35.6 Å². The van der Waals surface area contributed by atoms with Crippen LogP contribution >= 0.6 is 11.3 Å². The summed E-state index contributed by atoms with van der Waals surface area (Å²) in [5.41, 5.74) is 1.73. The van der Waals surface area contributed by atoms with Gasteiger partial charge < -0.3 is 14.6 Å². The van der Waals surface area contributed by atoms with Crippen LogP contribution in [-0.2, 0) is 17.9 Å².